The van der Waals surface area contributed by atoms with E-state index in [1.807, 2.05) is 151 Å². The van der Waals surface area contributed by atoms with Gasteiger partial charge in [-0.25, -0.2) is 0 Å². The standard InChI is InChI=1S/C50H48N2O4/c1-29-23-31(3)45(32(4)24-29)49(55)43(35(7)53)27-51-47(41-21-13-17-37-15-9-11-19-39(37)41)48(42-22-14-18-38-16-10-12-20-40(38)42)52-28-44(36(8)54)50(56)46-33(5)25-30(2)26-34(46)6/h9-28,47-48,55-56H,1-8H3/t47-,48-/m0/s1. The molecule has 0 unspecified atom stereocenters. The minimum absolute atomic E-state index is 0.0678. The predicted molar refractivity (Wildman–Crippen MR) is 232 cm³/mol. The second-order valence-electron chi connectivity index (χ2n) is 14.8. The highest BCUT2D eigenvalue weighted by Gasteiger charge is 2.28. The monoisotopic (exact) mass is 740 g/mol. The molecule has 6 heteroatoms. The fourth-order valence-electron chi connectivity index (χ4n) is 8.00. The van der Waals surface area contributed by atoms with Crippen LogP contribution in [0.2, 0.25) is 0 Å². The van der Waals surface area contributed by atoms with Gasteiger partial charge in [0, 0.05) is 23.6 Å². The summed E-state index contributed by atoms with van der Waals surface area (Å²) in [6.45, 7) is 14.5. The van der Waals surface area contributed by atoms with Crippen LogP contribution < -0.4 is 0 Å². The molecule has 0 amide bonds. The molecule has 0 aromatic heterocycles. The van der Waals surface area contributed by atoms with Gasteiger partial charge in [0.05, 0.1) is 11.1 Å². The number of nitrogens with zero attached hydrogens (tertiary/aromatic N) is 2. The maximum atomic E-state index is 13.4. The Balaban J connectivity index is 1.66. The average Bonchev–Trinajstić information content (AvgIpc) is 3.14. The summed E-state index contributed by atoms with van der Waals surface area (Å²) in [7, 11) is 0. The highest BCUT2D eigenvalue weighted by atomic mass is 16.3. The molecule has 56 heavy (non-hydrogen) atoms. The zero-order chi connectivity index (χ0) is 40.3. The number of aliphatic hydroxyl groups is 2. The lowest BCUT2D eigenvalue weighted by atomic mass is 9.88. The number of fused-ring (bicyclic) bond motifs is 2. The maximum absolute atomic E-state index is 13.4. The van der Waals surface area contributed by atoms with E-state index in [2.05, 4.69) is 0 Å². The Labute approximate surface area is 329 Å². The van der Waals surface area contributed by atoms with Crippen LogP contribution in [0.1, 0.15) is 81.6 Å². The van der Waals surface area contributed by atoms with Gasteiger partial charge >= 0.3 is 0 Å². The molecule has 0 radical (unpaired) electrons. The molecule has 6 nitrogen and oxygen atoms in total. The highest BCUT2D eigenvalue weighted by Crippen LogP contribution is 2.42. The number of hydrogen-bond donors (Lipinski definition) is 2. The van der Waals surface area contributed by atoms with Crippen molar-refractivity contribution < 1.29 is 19.8 Å². The van der Waals surface area contributed by atoms with Crippen LogP contribution in [0.4, 0.5) is 0 Å². The zero-order valence-electron chi connectivity index (χ0n) is 33.3. The van der Waals surface area contributed by atoms with Crippen LogP contribution in [0.15, 0.2) is 130 Å². The molecule has 2 N–H and O–H groups in total. The number of rotatable bonds is 11. The summed E-state index contributed by atoms with van der Waals surface area (Å²) in [5.74, 6) is -0.978. The number of ketones is 2. The Morgan fingerprint density at radius 3 is 1.16 bits per heavy atom. The molecular formula is C50H48N2O4. The van der Waals surface area contributed by atoms with E-state index in [1.165, 1.54) is 26.3 Å². The van der Waals surface area contributed by atoms with Crippen LogP contribution >= 0.6 is 0 Å². The molecule has 0 heterocycles. The predicted octanol–water partition coefficient (Wildman–Crippen LogP) is 11.9. The van der Waals surface area contributed by atoms with E-state index in [-0.39, 0.29) is 34.2 Å². The van der Waals surface area contributed by atoms with Crippen molar-refractivity contribution in [3.05, 3.63) is 176 Å². The quantitative estimate of drug-likeness (QED) is 0.0784. The molecule has 0 aliphatic carbocycles. The Kier molecular flexibility index (Phi) is 11.6. The van der Waals surface area contributed by atoms with Crippen LogP contribution in [0, 0.1) is 41.5 Å². The molecule has 6 aromatic rings. The largest absolute Gasteiger partial charge is 0.506 e. The van der Waals surface area contributed by atoms with Gasteiger partial charge in [-0.05, 0) is 110 Å². The summed E-state index contributed by atoms with van der Waals surface area (Å²) in [6, 6.07) is 34.4. The Bertz CT molecular complexity index is 2400. The molecule has 2 atom stereocenters. The molecule has 6 aromatic carbocycles. The molecule has 6 rings (SSSR count). The van der Waals surface area contributed by atoms with E-state index >= 15 is 0 Å². The average molecular weight is 741 g/mol. The summed E-state index contributed by atoms with van der Waals surface area (Å²) >= 11 is 0. The van der Waals surface area contributed by atoms with E-state index in [1.54, 1.807) is 0 Å². The molecule has 0 saturated carbocycles. The van der Waals surface area contributed by atoms with E-state index in [9.17, 15) is 19.8 Å². The first kappa shape index (κ1) is 39.3. The van der Waals surface area contributed by atoms with Gasteiger partial charge < -0.3 is 10.2 Å². The summed E-state index contributed by atoms with van der Waals surface area (Å²) in [5, 5.41) is 27.5. The maximum Gasteiger partial charge on any atom is 0.165 e. The number of carbonyl (C=O) groups excluding carboxylic acids is 2. The third kappa shape index (κ3) is 8.01. The van der Waals surface area contributed by atoms with Crippen LogP contribution in [0.25, 0.3) is 33.1 Å². The minimum atomic E-state index is -0.760. The van der Waals surface area contributed by atoms with Crippen LogP contribution in [0.5, 0.6) is 0 Å². The van der Waals surface area contributed by atoms with Crippen molar-refractivity contribution in [1.29, 1.82) is 0 Å². The second-order valence-corrected chi connectivity index (χ2v) is 14.8. The van der Waals surface area contributed by atoms with Gasteiger partial charge in [0.25, 0.3) is 0 Å². The molecular weight excluding hydrogens is 693 g/mol. The third-order valence-corrected chi connectivity index (χ3v) is 10.4. The normalized spacial score (nSPS) is 13.9. The van der Waals surface area contributed by atoms with Crippen LogP contribution in [-0.2, 0) is 9.59 Å². The van der Waals surface area contributed by atoms with Crippen molar-refractivity contribution in [2.75, 3.05) is 0 Å². The number of hydrogen-bond acceptors (Lipinski definition) is 6. The van der Waals surface area contributed by atoms with E-state index in [0.717, 1.165) is 66.1 Å². The molecule has 282 valence electrons. The highest BCUT2D eigenvalue weighted by molar-refractivity contribution is 6.18. The fraction of sp³-hybridized carbons (Fsp3) is 0.200. The Morgan fingerprint density at radius 1 is 0.500 bits per heavy atom. The number of aliphatic hydroxyl groups excluding tert-OH is 2. The SMILES string of the molecule is CC(=O)C(C=N[C@@H](c1cccc2ccccc12)[C@@H](N=CC(C(C)=O)=C(O)c1c(C)cc(C)cc1C)c1cccc2ccccc12)=C(O)c1c(C)cc(C)cc1C. The summed E-state index contributed by atoms with van der Waals surface area (Å²) in [6.07, 6.45) is 2.93. The molecule has 0 bridgehead atoms. The lowest BCUT2D eigenvalue weighted by Crippen LogP contribution is -2.13. The topological polar surface area (TPSA) is 99.3 Å². The van der Waals surface area contributed by atoms with Gasteiger partial charge in [-0.1, -0.05) is 120 Å². The second kappa shape index (κ2) is 16.5. The fourth-order valence-corrected chi connectivity index (χ4v) is 8.00. The van der Waals surface area contributed by atoms with Gasteiger partial charge in [-0.15, -0.1) is 0 Å². The zero-order valence-corrected chi connectivity index (χ0v) is 33.3. The van der Waals surface area contributed by atoms with Crippen LogP contribution in [0.3, 0.4) is 0 Å². The summed E-state index contributed by atoms with van der Waals surface area (Å²) in [4.78, 5) is 37.2. The molecule has 0 aliphatic heterocycles. The van der Waals surface area contributed by atoms with Crippen molar-refractivity contribution in [2.24, 2.45) is 9.98 Å². The number of allylic oxidation sites excluding steroid dienone is 2. The van der Waals surface area contributed by atoms with Gasteiger partial charge in [-0.3, -0.25) is 19.6 Å². The van der Waals surface area contributed by atoms with E-state index in [4.69, 9.17) is 9.98 Å². The third-order valence-electron chi connectivity index (χ3n) is 10.4. The van der Waals surface area contributed by atoms with Crippen molar-refractivity contribution in [3.8, 4) is 0 Å². The van der Waals surface area contributed by atoms with Crippen molar-refractivity contribution >= 4 is 57.1 Å². The summed E-state index contributed by atoms with van der Waals surface area (Å²) in [5.41, 5.74) is 8.48. The Hall–Kier alpha value is -6.40. The van der Waals surface area contributed by atoms with E-state index in [0.29, 0.717) is 11.1 Å². The first-order valence-electron chi connectivity index (χ1n) is 18.8. The van der Waals surface area contributed by atoms with Gasteiger partial charge in [-0.2, -0.15) is 0 Å². The molecule has 0 saturated heterocycles. The Morgan fingerprint density at radius 2 is 0.821 bits per heavy atom. The number of Topliss-reactive ketones (excluding diaryl/α,β-unsaturated/α-hetero) is 2. The summed E-state index contributed by atoms with van der Waals surface area (Å²) < 4.78 is 0. The van der Waals surface area contributed by atoms with Gasteiger partial charge in [0.15, 0.2) is 11.6 Å². The molecule has 0 aliphatic rings. The van der Waals surface area contributed by atoms with Gasteiger partial charge in [0.1, 0.15) is 23.6 Å². The number of carbonyl (C=O) groups is 2. The first-order valence-corrected chi connectivity index (χ1v) is 18.8. The number of benzene rings is 6. The lowest BCUT2D eigenvalue weighted by molar-refractivity contribution is -0.114. The number of aryl methyl sites for hydroxylation is 6. The lowest BCUT2D eigenvalue weighted by Gasteiger charge is -2.25. The molecule has 0 fully saturated rings. The van der Waals surface area contributed by atoms with Crippen molar-refractivity contribution in [3.63, 3.8) is 0 Å². The minimum Gasteiger partial charge on any atom is -0.506 e. The smallest absolute Gasteiger partial charge is 0.165 e. The number of aliphatic imine (C=N–C) groups is 2. The van der Waals surface area contributed by atoms with Crippen LogP contribution in [-0.4, -0.2) is 34.2 Å². The van der Waals surface area contributed by atoms with E-state index < -0.39 is 12.1 Å². The molecule has 0 spiro atoms. The first-order chi connectivity index (χ1) is 26.8. The van der Waals surface area contributed by atoms with Gasteiger partial charge in [0.2, 0.25) is 0 Å². The van der Waals surface area contributed by atoms with Crippen molar-refractivity contribution in [1.82, 2.24) is 0 Å². The van der Waals surface area contributed by atoms with Crippen molar-refractivity contribution in [2.45, 2.75) is 67.5 Å².